The Balaban J connectivity index is 0.949. The van der Waals surface area contributed by atoms with Crippen molar-refractivity contribution in [1.82, 2.24) is 4.57 Å². The lowest BCUT2D eigenvalue weighted by Crippen LogP contribution is -2.35. The van der Waals surface area contributed by atoms with Gasteiger partial charge in [-0.05, 0) is 105 Å². The van der Waals surface area contributed by atoms with Crippen molar-refractivity contribution in [3.63, 3.8) is 0 Å². The molecular weight excluding hydrogens is 733 g/mol. The van der Waals surface area contributed by atoms with Crippen LogP contribution in [0.25, 0.3) is 81.0 Å². The van der Waals surface area contributed by atoms with Crippen molar-refractivity contribution in [1.29, 1.82) is 0 Å². The zero-order valence-corrected chi connectivity index (χ0v) is 34.4. The maximum Gasteiger partial charge on any atom is 0.0547 e. The number of aromatic nitrogens is 1. The smallest absolute Gasteiger partial charge is 0.0547 e. The normalized spacial score (nSPS) is 14.9. The van der Waals surface area contributed by atoms with Crippen LogP contribution in [0.5, 0.6) is 0 Å². The summed E-state index contributed by atoms with van der Waals surface area (Å²) >= 11 is 1.88. The number of fused-ring (bicyclic) bond motifs is 8. The van der Waals surface area contributed by atoms with Crippen LogP contribution in [0.1, 0.15) is 44.4 Å². The lowest BCUT2D eigenvalue weighted by Gasteiger charge is -2.46. The fraction of sp³-hybridized carbons (Fsp3) is 0.107. The molecular formula is C56H42N2S. The third kappa shape index (κ3) is 4.98. The molecule has 8 aromatic carbocycles. The number of rotatable bonds is 4. The summed E-state index contributed by atoms with van der Waals surface area (Å²) in [6, 6.07) is 63.3. The molecule has 3 heteroatoms. The molecule has 2 nitrogen and oxygen atoms in total. The largest absolute Gasteiger partial charge is 0.317 e. The maximum absolute atomic E-state index is 2.43. The first-order chi connectivity index (χ1) is 28.8. The summed E-state index contributed by atoms with van der Waals surface area (Å²) in [6.45, 7) is 9.46. The zero-order valence-electron chi connectivity index (χ0n) is 33.6. The zero-order chi connectivity index (χ0) is 39.6. The number of hydrogen-bond acceptors (Lipinski definition) is 2. The van der Waals surface area contributed by atoms with Crippen LogP contribution >= 0.6 is 11.3 Å². The van der Waals surface area contributed by atoms with Crippen LogP contribution in [0.2, 0.25) is 0 Å². The van der Waals surface area contributed by atoms with Gasteiger partial charge in [-0.25, -0.2) is 0 Å². The predicted molar refractivity (Wildman–Crippen MR) is 253 cm³/mol. The Morgan fingerprint density at radius 3 is 1.95 bits per heavy atom. The van der Waals surface area contributed by atoms with E-state index in [2.05, 4.69) is 219 Å². The Kier molecular flexibility index (Phi) is 7.23. The van der Waals surface area contributed by atoms with Crippen LogP contribution in [-0.4, -0.2) is 4.57 Å². The van der Waals surface area contributed by atoms with E-state index >= 15 is 0 Å². The van der Waals surface area contributed by atoms with Gasteiger partial charge in [-0.1, -0.05) is 149 Å². The van der Waals surface area contributed by atoms with Crippen LogP contribution in [0.4, 0.5) is 11.4 Å². The molecule has 0 N–H and O–H groups in total. The minimum atomic E-state index is -0.118. The summed E-state index contributed by atoms with van der Waals surface area (Å²) in [7, 11) is 0. The molecule has 0 unspecified atom stereocenters. The molecule has 2 aliphatic rings. The van der Waals surface area contributed by atoms with Gasteiger partial charge in [-0.15, -0.1) is 11.3 Å². The van der Waals surface area contributed by atoms with Gasteiger partial charge < -0.3 is 9.47 Å². The first kappa shape index (κ1) is 34.4. The van der Waals surface area contributed by atoms with Crippen LogP contribution in [0.3, 0.4) is 0 Å². The molecule has 0 aliphatic carbocycles. The Hall–Kier alpha value is -6.68. The first-order valence-electron chi connectivity index (χ1n) is 20.7. The summed E-state index contributed by atoms with van der Waals surface area (Å²) in [6.07, 6.45) is 4.67. The molecule has 0 saturated carbocycles. The Morgan fingerprint density at radius 2 is 1.14 bits per heavy atom. The molecule has 0 spiro atoms. The molecule has 0 radical (unpaired) electrons. The number of nitrogens with zero attached hydrogens (tertiary/aromatic N) is 2. The van der Waals surface area contributed by atoms with E-state index in [-0.39, 0.29) is 10.8 Å². The van der Waals surface area contributed by atoms with E-state index in [1.807, 2.05) is 11.3 Å². The molecule has 2 aliphatic heterocycles. The van der Waals surface area contributed by atoms with Crippen molar-refractivity contribution in [3.05, 3.63) is 199 Å². The molecule has 2 aromatic heterocycles. The van der Waals surface area contributed by atoms with Gasteiger partial charge in [-0.3, -0.25) is 0 Å². The van der Waals surface area contributed by atoms with Crippen molar-refractivity contribution >= 4 is 64.7 Å². The highest BCUT2D eigenvalue weighted by Crippen LogP contribution is 2.56. The lowest BCUT2D eigenvalue weighted by atomic mass is 9.68. The van der Waals surface area contributed by atoms with Gasteiger partial charge in [-0.2, -0.15) is 0 Å². The third-order valence-corrected chi connectivity index (χ3v) is 14.4. The van der Waals surface area contributed by atoms with Gasteiger partial charge in [0.05, 0.1) is 16.7 Å². The Bertz CT molecular complexity index is 3380. The molecule has 4 heterocycles. The standard InChI is InChI=1S/C56H42N2S/c1-55(2)31-32-57-48-19-11-9-17-45(48)56(3,4)46-28-27-41(53(55)54(46)57)36-23-21-35(22-24-36)37-25-29-50-43(33-37)44-34-38(26-30-51(44)59-50)40-16-12-20-49-52(40)42-15-8-10-18-47(42)58(49)39-13-6-5-7-14-39/h5-34H,1-4H3. The molecule has 0 bridgehead atoms. The van der Waals surface area contributed by atoms with Crippen LogP contribution in [0, 0.1) is 0 Å². The van der Waals surface area contributed by atoms with Crippen molar-refractivity contribution < 1.29 is 0 Å². The van der Waals surface area contributed by atoms with E-state index < -0.39 is 0 Å². The number of para-hydroxylation sites is 3. The van der Waals surface area contributed by atoms with E-state index in [9.17, 15) is 0 Å². The minimum absolute atomic E-state index is 0.0951. The van der Waals surface area contributed by atoms with Crippen molar-refractivity contribution in [2.45, 2.75) is 38.5 Å². The van der Waals surface area contributed by atoms with Gasteiger partial charge in [0, 0.05) is 59.3 Å². The molecule has 0 atom stereocenters. The molecule has 10 aromatic rings. The quantitative estimate of drug-likeness (QED) is 0.173. The van der Waals surface area contributed by atoms with Gasteiger partial charge >= 0.3 is 0 Å². The number of hydrogen-bond donors (Lipinski definition) is 0. The number of anilines is 2. The fourth-order valence-corrected chi connectivity index (χ4v) is 11.4. The topological polar surface area (TPSA) is 8.17 Å². The minimum Gasteiger partial charge on any atom is -0.317 e. The van der Waals surface area contributed by atoms with Crippen molar-refractivity contribution in [2.75, 3.05) is 4.90 Å². The van der Waals surface area contributed by atoms with Crippen molar-refractivity contribution in [2.24, 2.45) is 0 Å². The molecule has 12 rings (SSSR count). The van der Waals surface area contributed by atoms with Gasteiger partial charge in [0.15, 0.2) is 0 Å². The summed E-state index contributed by atoms with van der Waals surface area (Å²) in [5.41, 5.74) is 17.7. The van der Waals surface area contributed by atoms with E-state index in [4.69, 9.17) is 0 Å². The lowest BCUT2D eigenvalue weighted by molar-refractivity contribution is 0.609. The third-order valence-electron chi connectivity index (χ3n) is 13.2. The van der Waals surface area contributed by atoms with Gasteiger partial charge in [0.1, 0.15) is 0 Å². The van der Waals surface area contributed by atoms with Gasteiger partial charge in [0.25, 0.3) is 0 Å². The second kappa shape index (κ2) is 12.4. The summed E-state index contributed by atoms with van der Waals surface area (Å²) in [4.78, 5) is 2.43. The van der Waals surface area contributed by atoms with E-state index in [0.717, 1.165) is 0 Å². The summed E-state index contributed by atoms with van der Waals surface area (Å²) in [5, 5.41) is 5.18. The highest BCUT2D eigenvalue weighted by Gasteiger charge is 2.42. The highest BCUT2D eigenvalue weighted by molar-refractivity contribution is 7.25. The average Bonchev–Trinajstić information content (AvgIpc) is 3.81. The fourth-order valence-electron chi connectivity index (χ4n) is 10.3. The van der Waals surface area contributed by atoms with E-state index in [1.54, 1.807) is 0 Å². The number of allylic oxidation sites excluding steroid dienone is 1. The van der Waals surface area contributed by atoms with Crippen LogP contribution < -0.4 is 4.90 Å². The summed E-state index contributed by atoms with van der Waals surface area (Å²) in [5.74, 6) is 0. The van der Waals surface area contributed by atoms with Crippen molar-refractivity contribution in [3.8, 4) is 39.1 Å². The number of benzene rings is 8. The summed E-state index contributed by atoms with van der Waals surface area (Å²) < 4.78 is 5.03. The number of thiophene rings is 1. The Labute approximate surface area is 348 Å². The van der Waals surface area contributed by atoms with Gasteiger partial charge in [0.2, 0.25) is 0 Å². The van der Waals surface area contributed by atoms with E-state index in [0.29, 0.717) is 0 Å². The SMILES string of the molecule is CC1(C)C=CN2c3ccccc3C(C)(C)c3ccc(-c4ccc(-c5ccc6sc7ccc(-c8cccc9c8c8ccccc8n9-c8ccccc8)cc7c6c5)cc4)c1c32. The average molecular weight is 775 g/mol. The molecule has 59 heavy (non-hydrogen) atoms. The molecule has 0 saturated heterocycles. The molecule has 282 valence electrons. The van der Waals surface area contributed by atoms with Crippen LogP contribution in [0.15, 0.2) is 182 Å². The maximum atomic E-state index is 2.43. The first-order valence-corrected chi connectivity index (χ1v) is 21.5. The van der Waals surface area contributed by atoms with Crippen LogP contribution in [-0.2, 0) is 10.8 Å². The second-order valence-electron chi connectivity index (χ2n) is 17.4. The van der Waals surface area contributed by atoms with E-state index in [1.165, 1.54) is 109 Å². The highest BCUT2D eigenvalue weighted by atomic mass is 32.1. The predicted octanol–water partition coefficient (Wildman–Crippen LogP) is 15.7. The second-order valence-corrected chi connectivity index (χ2v) is 18.5. The Morgan fingerprint density at radius 1 is 0.475 bits per heavy atom. The molecule has 0 amide bonds. The monoisotopic (exact) mass is 774 g/mol. The molecule has 0 fully saturated rings.